The standard InChI is InChI=1S/C15H17F3N2O2.C13H16N2O2.C7H11F3N2.C3H2F6O3S/c16-15(17,18)11-19-7-14(8-19)9-20(10-14)13(21)22-6-12-4-2-1-3-5-12;16-12(15-9-13(10-15)7-14-8-13)17-6-11-4-2-1-3-5-11;8-7(9,10)5-12-3-6(4-12)1-11-2-6;4-2(5,6)1-12-13(10,11)3(7,8)9/h1-5H,6-11H2;1-5,14H,6-10H2;11H,1-5H2;1H2. The molecule has 0 aromatic heterocycles. The van der Waals surface area contributed by atoms with Crippen molar-refractivity contribution in [2.24, 2.45) is 16.2 Å². The third-order valence-corrected chi connectivity index (χ3v) is 11.7. The van der Waals surface area contributed by atoms with Crippen LogP contribution in [0.5, 0.6) is 0 Å². The van der Waals surface area contributed by atoms with Crippen LogP contribution in [-0.4, -0.2) is 162 Å². The summed E-state index contributed by atoms with van der Waals surface area (Å²) in [6, 6.07) is 19.1. The lowest BCUT2D eigenvalue weighted by Gasteiger charge is -2.59. The van der Waals surface area contributed by atoms with Gasteiger partial charge in [0.25, 0.3) is 0 Å². The van der Waals surface area contributed by atoms with Gasteiger partial charge in [-0.1, -0.05) is 60.7 Å². The summed E-state index contributed by atoms with van der Waals surface area (Å²) in [5.74, 6) is 0. The minimum absolute atomic E-state index is 0.156. The van der Waals surface area contributed by atoms with Crippen molar-refractivity contribution in [3.63, 3.8) is 0 Å². The van der Waals surface area contributed by atoms with Gasteiger partial charge in [0.15, 0.2) is 6.61 Å². The van der Waals surface area contributed by atoms with Crippen molar-refractivity contribution in [1.82, 2.24) is 30.2 Å². The predicted octanol–water partition coefficient (Wildman–Crippen LogP) is 5.60. The van der Waals surface area contributed by atoms with E-state index in [1.807, 2.05) is 60.7 Å². The Kier molecular flexibility index (Phi) is 15.7. The fourth-order valence-corrected chi connectivity index (χ4v) is 8.18. The van der Waals surface area contributed by atoms with E-state index in [1.165, 1.54) is 9.80 Å². The lowest BCUT2D eigenvalue weighted by molar-refractivity contribution is -0.186. The second-order valence-corrected chi connectivity index (χ2v) is 18.4. The molecule has 6 saturated heterocycles. The maximum absolute atomic E-state index is 12.2. The zero-order chi connectivity index (χ0) is 47.2. The quantitative estimate of drug-likeness (QED) is 0.195. The van der Waals surface area contributed by atoms with Gasteiger partial charge < -0.3 is 29.9 Å². The summed E-state index contributed by atoms with van der Waals surface area (Å²) in [6.45, 7) is 4.99. The van der Waals surface area contributed by atoms with Gasteiger partial charge in [0.2, 0.25) is 0 Å². The number of likely N-dealkylation sites (tertiary alicyclic amines) is 4. The van der Waals surface area contributed by atoms with Gasteiger partial charge in [-0.15, -0.1) is 0 Å². The Morgan fingerprint density at radius 1 is 0.531 bits per heavy atom. The van der Waals surface area contributed by atoms with E-state index in [9.17, 15) is 70.7 Å². The first-order valence-corrected chi connectivity index (χ1v) is 20.9. The van der Waals surface area contributed by atoms with Crippen LogP contribution in [0.25, 0.3) is 0 Å². The number of benzene rings is 2. The average Bonchev–Trinajstić information content (AvgIpc) is 3.09. The molecule has 360 valence electrons. The van der Waals surface area contributed by atoms with Crippen LogP contribution in [0.4, 0.5) is 62.3 Å². The number of carbonyl (C=O) groups is 2. The van der Waals surface area contributed by atoms with Crippen molar-refractivity contribution in [1.29, 1.82) is 0 Å². The van der Waals surface area contributed by atoms with E-state index in [-0.39, 0.29) is 23.5 Å². The molecule has 2 aromatic rings. The van der Waals surface area contributed by atoms with Crippen molar-refractivity contribution >= 4 is 22.3 Å². The highest BCUT2D eigenvalue weighted by Gasteiger charge is 2.55. The molecule has 26 heteroatoms. The molecule has 13 nitrogen and oxygen atoms in total. The van der Waals surface area contributed by atoms with Gasteiger partial charge in [0, 0.05) is 94.8 Å². The largest absolute Gasteiger partial charge is 0.523 e. The Hall–Kier alpha value is -4.11. The van der Waals surface area contributed by atoms with Gasteiger partial charge in [0.05, 0.1) is 13.1 Å². The summed E-state index contributed by atoms with van der Waals surface area (Å²) in [6.07, 6.45) is -13.9. The summed E-state index contributed by atoms with van der Waals surface area (Å²) in [5, 5.41) is 6.32. The lowest BCUT2D eigenvalue weighted by Crippen LogP contribution is -2.73. The molecule has 6 heterocycles. The van der Waals surface area contributed by atoms with Crippen LogP contribution in [0.1, 0.15) is 11.1 Å². The van der Waals surface area contributed by atoms with Crippen molar-refractivity contribution in [2.45, 2.75) is 37.3 Å². The number of alkyl halides is 12. The van der Waals surface area contributed by atoms with E-state index in [2.05, 4.69) is 14.8 Å². The smallest absolute Gasteiger partial charge is 0.445 e. The number of hydrogen-bond acceptors (Lipinski definition) is 11. The zero-order valence-electron chi connectivity index (χ0n) is 33.9. The van der Waals surface area contributed by atoms with Crippen LogP contribution < -0.4 is 10.6 Å². The molecule has 0 saturated carbocycles. The normalized spacial score (nSPS) is 20.8. The number of amides is 2. The first kappa shape index (κ1) is 50.9. The Morgan fingerprint density at radius 2 is 0.875 bits per heavy atom. The van der Waals surface area contributed by atoms with Gasteiger partial charge in [-0.05, 0) is 11.1 Å². The summed E-state index contributed by atoms with van der Waals surface area (Å²) < 4.78 is 173. The molecular formula is C38H46F12N6O7S. The van der Waals surface area contributed by atoms with Crippen molar-refractivity contribution in [2.75, 3.05) is 98.2 Å². The third kappa shape index (κ3) is 15.0. The molecule has 6 aliphatic rings. The monoisotopic (exact) mass is 958 g/mol. The molecule has 6 fully saturated rings. The Morgan fingerprint density at radius 3 is 1.19 bits per heavy atom. The fourth-order valence-electron chi connectivity index (χ4n) is 7.76. The van der Waals surface area contributed by atoms with Gasteiger partial charge in [0.1, 0.15) is 13.2 Å². The zero-order valence-corrected chi connectivity index (χ0v) is 34.7. The molecule has 2 N–H and O–H groups in total. The second-order valence-electron chi connectivity index (χ2n) is 16.8. The maximum atomic E-state index is 12.2. The number of hydrogen-bond donors (Lipinski definition) is 2. The topological polar surface area (TPSA) is 133 Å². The molecule has 6 aliphatic heterocycles. The van der Waals surface area contributed by atoms with Crippen molar-refractivity contribution in [3.05, 3.63) is 71.8 Å². The first-order valence-electron chi connectivity index (χ1n) is 19.5. The van der Waals surface area contributed by atoms with Crippen LogP contribution in [0.3, 0.4) is 0 Å². The van der Waals surface area contributed by atoms with Gasteiger partial charge in [-0.25, -0.2) is 9.59 Å². The molecule has 2 aromatic carbocycles. The van der Waals surface area contributed by atoms with E-state index in [1.54, 1.807) is 9.80 Å². The molecular weight excluding hydrogens is 912 g/mol. The minimum Gasteiger partial charge on any atom is -0.445 e. The SMILES string of the molecule is FC(F)(F)CN1CC2(CNC2)C1.O=C(OCc1ccccc1)N1CC2(CN(CC(F)(F)F)C2)C1.O=C(OCc1ccccc1)N1CC2(CNC2)C1.O=S(=O)(OCC(F)(F)F)C(F)(F)F. The van der Waals surface area contributed by atoms with Crippen LogP contribution in [0.15, 0.2) is 60.7 Å². The van der Waals surface area contributed by atoms with Crippen LogP contribution in [0, 0.1) is 16.2 Å². The molecule has 0 unspecified atom stereocenters. The predicted molar refractivity (Wildman–Crippen MR) is 201 cm³/mol. The van der Waals surface area contributed by atoms with Crippen LogP contribution >= 0.6 is 0 Å². The van der Waals surface area contributed by atoms with Crippen LogP contribution in [-0.2, 0) is 37.0 Å². The molecule has 2 amide bonds. The Bertz CT molecular complexity index is 1940. The molecule has 8 rings (SSSR count). The molecule has 0 radical (unpaired) electrons. The van der Waals surface area contributed by atoms with Crippen LogP contribution in [0.2, 0.25) is 0 Å². The van der Waals surface area contributed by atoms with E-state index in [0.29, 0.717) is 51.3 Å². The lowest BCUT2D eigenvalue weighted by atomic mass is 9.73. The molecule has 0 atom stereocenters. The van der Waals surface area contributed by atoms with Crippen molar-refractivity contribution < 1.29 is 84.3 Å². The van der Waals surface area contributed by atoms with Gasteiger partial charge in [-0.2, -0.15) is 61.1 Å². The number of halogens is 12. The number of nitrogens with zero attached hydrogens (tertiary/aromatic N) is 4. The molecule has 0 bridgehead atoms. The number of carbonyl (C=O) groups excluding carboxylic acids is 2. The fraction of sp³-hybridized carbons (Fsp3) is 0.632. The number of ether oxygens (including phenoxy) is 2. The summed E-state index contributed by atoms with van der Waals surface area (Å²) in [7, 11) is -6.15. The minimum atomic E-state index is -6.15. The highest BCUT2D eigenvalue weighted by molar-refractivity contribution is 7.87. The Labute approximate surface area is 360 Å². The highest BCUT2D eigenvalue weighted by Crippen LogP contribution is 2.41. The summed E-state index contributed by atoms with van der Waals surface area (Å²) in [4.78, 5) is 29.7. The summed E-state index contributed by atoms with van der Waals surface area (Å²) in [5.41, 5.74) is -3.49. The summed E-state index contributed by atoms with van der Waals surface area (Å²) >= 11 is 0. The highest BCUT2D eigenvalue weighted by atomic mass is 32.2. The van der Waals surface area contributed by atoms with E-state index >= 15 is 0 Å². The average molecular weight is 959 g/mol. The Balaban J connectivity index is 0.000000166. The van der Waals surface area contributed by atoms with Gasteiger partial charge in [-0.3, -0.25) is 14.0 Å². The number of rotatable bonds is 8. The third-order valence-electron chi connectivity index (χ3n) is 10.7. The molecule has 0 aliphatic carbocycles. The number of nitrogens with one attached hydrogen (secondary N) is 2. The first-order chi connectivity index (χ1) is 29.6. The van der Waals surface area contributed by atoms with E-state index in [0.717, 1.165) is 50.4 Å². The van der Waals surface area contributed by atoms with E-state index < -0.39 is 59.9 Å². The van der Waals surface area contributed by atoms with Crippen molar-refractivity contribution in [3.8, 4) is 0 Å². The van der Waals surface area contributed by atoms with E-state index in [4.69, 9.17) is 9.47 Å². The maximum Gasteiger partial charge on any atom is 0.523 e. The second kappa shape index (κ2) is 19.8. The molecule has 3 spiro atoms. The van der Waals surface area contributed by atoms with Gasteiger partial charge >= 0.3 is 46.3 Å². The molecule has 64 heavy (non-hydrogen) atoms.